The van der Waals surface area contributed by atoms with Gasteiger partial charge in [0.05, 0.1) is 23.7 Å². The Hall–Kier alpha value is -2.46. The van der Waals surface area contributed by atoms with E-state index in [4.69, 9.17) is 4.74 Å². The van der Waals surface area contributed by atoms with Gasteiger partial charge in [0.25, 0.3) is 0 Å². The first-order valence-electron chi connectivity index (χ1n) is 9.43. The standard InChI is InChI=1S/C21H21NO2S.C2H6/c1-3-24-21(23)13-12-20-22-19(14-25-20)18-10-8-17(9-11-18)16-6-4-15(2)5-7-16;1-2/h4-11,14H,3,12-13H2,1-2H3;1-2H3. The molecule has 0 aliphatic carbocycles. The second-order valence-electron chi connectivity index (χ2n) is 5.87. The Morgan fingerprint density at radius 1 is 0.963 bits per heavy atom. The number of rotatable bonds is 6. The van der Waals surface area contributed by atoms with Crippen LogP contribution < -0.4 is 0 Å². The van der Waals surface area contributed by atoms with Crippen molar-refractivity contribution in [1.29, 1.82) is 0 Å². The summed E-state index contributed by atoms with van der Waals surface area (Å²) in [5.74, 6) is -0.165. The molecule has 2 aromatic carbocycles. The average molecular weight is 382 g/mol. The number of aryl methyl sites for hydroxylation is 2. The minimum absolute atomic E-state index is 0.165. The molecule has 0 saturated carbocycles. The lowest BCUT2D eigenvalue weighted by molar-refractivity contribution is -0.143. The Morgan fingerprint density at radius 2 is 1.52 bits per heavy atom. The number of hydrogen-bond donors (Lipinski definition) is 0. The molecule has 0 atom stereocenters. The molecule has 0 aliphatic rings. The fourth-order valence-corrected chi connectivity index (χ4v) is 3.39. The van der Waals surface area contributed by atoms with Gasteiger partial charge in [0.15, 0.2) is 0 Å². The molecule has 0 spiro atoms. The lowest BCUT2D eigenvalue weighted by Crippen LogP contribution is -2.04. The van der Waals surface area contributed by atoms with Crippen LogP contribution >= 0.6 is 11.3 Å². The first kappa shape index (κ1) is 20.8. The molecule has 0 amide bonds. The van der Waals surface area contributed by atoms with Crippen molar-refractivity contribution in [2.45, 2.75) is 40.5 Å². The van der Waals surface area contributed by atoms with E-state index in [0.717, 1.165) is 16.3 Å². The number of hydrogen-bond acceptors (Lipinski definition) is 4. The van der Waals surface area contributed by atoms with Gasteiger partial charge < -0.3 is 4.74 Å². The fraction of sp³-hybridized carbons (Fsp3) is 0.304. The molecule has 3 nitrogen and oxygen atoms in total. The van der Waals surface area contributed by atoms with Crippen molar-refractivity contribution in [3.8, 4) is 22.4 Å². The topological polar surface area (TPSA) is 39.2 Å². The monoisotopic (exact) mass is 381 g/mol. The van der Waals surface area contributed by atoms with Crippen molar-refractivity contribution in [2.24, 2.45) is 0 Å². The summed E-state index contributed by atoms with van der Waals surface area (Å²) in [7, 11) is 0. The molecule has 3 rings (SSSR count). The number of carbonyl (C=O) groups is 1. The number of esters is 1. The van der Waals surface area contributed by atoms with Crippen LogP contribution in [0.1, 0.15) is 37.8 Å². The minimum atomic E-state index is -0.165. The Bertz CT molecular complexity index is 836. The summed E-state index contributed by atoms with van der Waals surface area (Å²) in [6.07, 6.45) is 1.01. The Kier molecular flexibility index (Phi) is 8.21. The Balaban J connectivity index is 0.00000126. The predicted octanol–water partition coefficient (Wildman–Crippen LogP) is 6.31. The SMILES string of the molecule is CC.CCOC(=O)CCc1nc(-c2ccc(-c3ccc(C)cc3)cc2)cs1. The second kappa shape index (κ2) is 10.6. The number of benzene rings is 2. The predicted molar refractivity (Wildman–Crippen MR) is 114 cm³/mol. The molecule has 4 heteroatoms. The van der Waals surface area contributed by atoms with Gasteiger partial charge in [0.1, 0.15) is 0 Å². The quantitative estimate of drug-likeness (QED) is 0.470. The van der Waals surface area contributed by atoms with Crippen LogP contribution in [0.3, 0.4) is 0 Å². The molecule has 1 aromatic heterocycles. The highest BCUT2D eigenvalue weighted by molar-refractivity contribution is 7.09. The average Bonchev–Trinajstić information content (AvgIpc) is 3.18. The zero-order valence-corrected chi connectivity index (χ0v) is 17.3. The fourth-order valence-electron chi connectivity index (χ4n) is 2.58. The van der Waals surface area contributed by atoms with Gasteiger partial charge in [-0.05, 0) is 25.0 Å². The Labute approximate surface area is 166 Å². The van der Waals surface area contributed by atoms with Gasteiger partial charge in [-0.3, -0.25) is 4.79 Å². The van der Waals surface area contributed by atoms with Gasteiger partial charge >= 0.3 is 5.97 Å². The Morgan fingerprint density at radius 3 is 2.11 bits per heavy atom. The number of carbonyl (C=O) groups excluding carboxylic acids is 1. The first-order valence-corrected chi connectivity index (χ1v) is 10.3. The molecule has 0 saturated heterocycles. The molecular weight excluding hydrogens is 354 g/mol. The second-order valence-corrected chi connectivity index (χ2v) is 6.82. The van der Waals surface area contributed by atoms with Crippen molar-refractivity contribution in [2.75, 3.05) is 6.61 Å². The highest BCUT2D eigenvalue weighted by atomic mass is 32.1. The maximum atomic E-state index is 11.4. The van der Waals surface area contributed by atoms with Crippen LogP contribution in [0.4, 0.5) is 0 Å². The highest BCUT2D eigenvalue weighted by Gasteiger charge is 2.08. The van der Waals surface area contributed by atoms with E-state index in [1.807, 2.05) is 26.2 Å². The largest absolute Gasteiger partial charge is 0.466 e. The zero-order valence-electron chi connectivity index (χ0n) is 16.5. The molecule has 0 radical (unpaired) electrons. The third-order valence-corrected chi connectivity index (χ3v) is 4.87. The summed E-state index contributed by atoms with van der Waals surface area (Å²) in [6, 6.07) is 17.0. The van der Waals surface area contributed by atoms with Crippen LogP contribution in [0.25, 0.3) is 22.4 Å². The molecule has 0 unspecified atom stereocenters. The van der Waals surface area contributed by atoms with Crippen molar-refractivity contribution in [3.05, 3.63) is 64.5 Å². The minimum Gasteiger partial charge on any atom is -0.466 e. The molecule has 27 heavy (non-hydrogen) atoms. The van der Waals surface area contributed by atoms with Crippen LogP contribution in [-0.4, -0.2) is 17.6 Å². The van der Waals surface area contributed by atoms with E-state index < -0.39 is 0 Å². The van der Waals surface area contributed by atoms with Gasteiger partial charge in [-0.15, -0.1) is 11.3 Å². The van der Waals surface area contributed by atoms with Gasteiger partial charge in [-0.1, -0.05) is 67.9 Å². The van der Waals surface area contributed by atoms with Gasteiger partial charge in [0.2, 0.25) is 0 Å². The van der Waals surface area contributed by atoms with Crippen LogP contribution in [-0.2, 0) is 16.0 Å². The summed E-state index contributed by atoms with van der Waals surface area (Å²) in [5, 5.41) is 3.01. The lowest BCUT2D eigenvalue weighted by atomic mass is 10.0. The van der Waals surface area contributed by atoms with Crippen molar-refractivity contribution in [3.63, 3.8) is 0 Å². The third kappa shape index (κ3) is 6.04. The van der Waals surface area contributed by atoms with Crippen LogP contribution in [0, 0.1) is 6.92 Å². The van der Waals surface area contributed by atoms with Crippen LogP contribution in [0.15, 0.2) is 53.9 Å². The molecular formula is C23H27NO2S. The smallest absolute Gasteiger partial charge is 0.306 e. The summed E-state index contributed by atoms with van der Waals surface area (Å²) in [6.45, 7) is 8.34. The normalized spacial score (nSPS) is 10.1. The number of ether oxygens (including phenoxy) is 1. The molecule has 0 aliphatic heterocycles. The van der Waals surface area contributed by atoms with Gasteiger partial charge in [-0.2, -0.15) is 0 Å². The third-order valence-electron chi connectivity index (χ3n) is 3.97. The molecule has 0 bridgehead atoms. The summed E-state index contributed by atoms with van der Waals surface area (Å²) < 4.78 is 4.96. The number of thiazole rings is 1. The molecule has 0 N–H and O–H groups in total. The van der Waals surface area contributed by atoms with Crippen LogP contribution in [0.5, 0.6) is 0 Å². The van der Waals surface area contributed by atoms with E-state index in [0.29, 0.717) is 19.4 Å². The zero-order chi connectivity index (χ0) is 19.6. The van der Waals surface area contributed by atoms with Crippen molar-refractivity contribution >= 4 is 17.3 Å². The molecule has 1 heterocycles. The molecule has 3 aromatic rings. The summed E-state index contributed by atoms with van der Waals surface area (Å²) in [5.41, 5.74) is 5.72. The lowest BCUT2D eigenvalue weighted by Gasteiger charge is -2.04. The van der Waals surface area contributed by atoms with E-state index in [1.165, 1.54) is 16.7 Å². The summed E-state index contributed by atoms with van der Waals surface area (Å²) >= 11 is 1.59. The van der Waals surface area contributed by atoms with E-state index in [1.54, 1.807) is 11.3 Å². The number of aromatic nitrogens is 1. The van der Waals surface area contributed by atoms with E-state index in [2.05, 4.69) is 60.4 Å². The highest BCUT2D eigenvalue weighted by Crippen LogP contribution is 2.26. The maximum Gasteiger partial charge on any atom is 0.306 e. The van der Waals surface area contributed by atoms with Gasteiger partial charge in [-0.25, -0.2) is 4.98 Å². The van der Waals surface area contributed by atoms with Crippen molar-refractivity contribution in [1.82, 2.24) is 4.98 Å². The van der Waals surface area contributed by atoms with E-state index in [-0.39, 0.29) is 5.97 Å². The maximum absolute atomic E-state index is 11.4. The van der Waals surface area contributed by atoms with Crippen LogP contribution in [0.2, 0.25) is 0 Å². The van der Waals surface area contributed by atoms with E-state index >= 15 is 0 Å². The summed E-state index contributed by atoms with van der Waals surface area (Å²) in [4.78, 5) is 16.1. The number of nitrogens with zero attached hydrogens (tertiary/aromatic N) is 1. The van der Waals surface area contributed by atoms with E-state index in [9.17, 15) is 4.79 Å². The van der Waals surface area contributed by atoms with Crippen molar-refractivity contribution < 1.29 is 9.53 Å². The first-order chi connectivity index (χ1) is 13.2. The molecule has 0 fully saturated rings. The van der Waals surface area contributed by atoms with Gasteiger partial charge in [0, 0.05) is 17.4 Å². The molecule has 142 valence electrons.